The Morgan fingerprint density at radius 1 is 1.45 bits per heavy atom. The zero-order valence-corrected chi connectivity index (χ0v) is 12.5. The number of aromatic hydroxyl groups is 1. The van der Waals surface area contributed by atoms with Crippen molar-refractivity contribution in [3.05, 3.63) is 23.8 Å². The van der Waals surface area contributed by atoms with Crippen molar-refractivity contribution in [1.82, 2.24) is 4.72 Å². The minimum Gasteiger partial charge on any atom is -0.507 e. The quantitative estimate of drug-likeness (QED) is 0.685. The summed E-state index contributed by atoms with van der Waals surface area (Å²) in [6.07, 6.45) is 1.46. The van der Waals surface area contributed by atoms with Crippen molar-refractivity contribution < 1.29 is 27.6 Å². The van der Waals surface area contributed by atoms with Crippen molar-refractivity contribution >= 4 is 26.8 Å². The molecule has 0 radical (unpaired) electrons. The molecule has 20 heavy (non-hydrogen) atoms. The van der Waals surface area contributed by atoms with Gasteiger partial charge in [0.2, 0.25) is 10.0 Å². The molecule has 0 aliphatic carbocycles. The molecule has 0 fully saturated rings. The number of hydrogen-bond donors (Lipinski definition) is 3. The van der Waals surface area contributed by atoms with Crippen LogP contribution in [0.5, 0.6) is 5.75 Å². The summed E-state index contributed by atoms with van der Waals surface area (Å²) >= 11 is 0. The second-order valence-corrected chi connectivity index (χ2v) is 7.71. The number of benzene rings is 1. The summed E-state index contributed by atoms with van der Waals surface area (Å²) in [6, 6.07) is 2.96. The molecule has 9 heteroatoms. The summed E-state index contributed by atoms with van der Waals surface area (Å²) < 4.78 is 37.3. The summed E-state index contributed by atoms with van der Waals surface area (Å²) in [5.41, 5.74) is -0.500. The summed E-state index contributed by atoms with van der Waals surface area (Å²) in [6.45, 7) is 1.59. The van der Waals surface area contributed by atoms with Crippen molar-refractivity contribution in [1.29, 1.82) is 0 Å². The SMILES string of the molecule is CC(CNS(=O)(=O)c1ccc(O)c(C(=O)O)c1)S(C)=O. The minimum atomic E-state index is -3.92. The Labute approximate surface area is 119 Å². The van der Waals surface area contributed by atoms with Crippen LogP contribution < -0.4 is 4.72 Å². The maximum absolute atomic E-state index is 12.0. The number of aromatic carboxylic acids is 1. The molecule has 112 valence electrons. The molecule has 0 spiro atoms. The number of sulfonamides is 1. The third kappa shape index (κ3) is 4.02. The van der Waals surface area contributed by atoms with Gasteiger partial charge in [-0.05, 0) is 25.1 Å². The summed E-state index contributed by atoms with van der Waals surface area (Å²) in [5, 5.41) is 17.8. The minimum absolute atomic E-state index is 0.0330. The van der Waals surface area contributed by atoms with E-state index in [0.717, 1.165) is 18.2 Å². The van der Waals surface area contributed by atoms with Crippen LogP contribution in [0.4, 0.5) is 0 Å². The average molecular weight is 321 g/mol. The summed E-state index contributed by atoms with van der Waals surface area (Å²) in [4.78, 5) is 10.6. The molecule has 0 saturated carbocycles. The lowest BCUT2D eigenvalue weighted by Gasteiger charge is -2.11. The Kier molecular flexibility index (Phi) is 5.26. The van der Waals surface area contributed by atoms with E-state index in [0.29, 0.717) is 0 Å². The third-order valence-corrected chi connectivity index (χ3v) is 5.36. The zero-order chi connectivity index (χ0) is 15.5. The molecule has 0 aliphatic heterocycles. The highest BCUT2D eigenvalue weighted by Crippen LogP contribution is 2.21. The molecular weight excluding hydrogens is 306 g/mol. The largest absolute Gasteiger partial charge is 0.507 e. The number of carbonyl (C=O) groups is 1. The lowest BCUT2D eigenvalue weighted by Crippen LogP contribution is -2.32. The van der Waals surface area contributed by atoms with Crippen LogP contribution in [0.15, 0.2) is 23.1 Å². The van der Waals surface area contributed by atoms with Crippen molar-refractivity contribution in [2.24, 2.45) is 0 Å². The van der Waals surface area contributed by atoms with Gasteiger partial charge in [-0.1, -0.05) is 0 Å². The van der Waals surface area contributed by atoms with Crippen molar-refractivity contribution in [2.75, 3.05) is 12.8 Å². The molecular formula is C11H15NO6S2. The molecule has 0 heterocycles. The Morgan fingerprint density at radius 2 is 2.05 bits per heavy atom. The highest BCUT2D eigenvalue weighted by Gasteiger charge is 2.20. The molecule has 0 saturated heterocycles. The van der Waals surface area contributed by atoms with Gasteiger partial charge < -0.3 is 10.2 Å². The van der Waals surface area contributed by atoms with E-state index < -0.39 is 38.1 Å². The number of hydrogen-bond acceptors (Lipinski definition) is 5. The van der Waals surface area contributed by atoms with Gasteiger partial charge in [0.05, 0.1) is 4.90 Å². The molecule has 0 aliphatic rings. The predicted octanol–water partition coefficient (Wildman–Crippen LogP) is 0.136. The second-order valence-electron chi connectivity index (χ2n) is 4.15. The van der Waals surface area contributed by atoms with E-state index in [4.69, 9.17) is 5.11 Å². The fraction of sp³-hybridized carbons (Fsp3) is 0.364. The van der Waals surface area contributed by atoms with Gasteiger partial charge in [0.25, 0.3) is 0 Å². The third-order valence-electron chi connectivity index (χ3n) is 2.64. The van der Waals surface area contributed by atoms with Crippen molar-refractivity contribution in [3.8, 4) is 5.75 Å². The normalized spacial score (nSPS) is 14.7. The maximum Gasteiger partial charge on any atom is 0.339 e. The Bertz CT molecular complexity index is 640. The standard InChI is InChI=1S/C11H15NO6S2/c1-7(19(2)16)6-12-20(17,18)8-3-4-10(13)9(5-8)11(14)15/h3-5,7,12-13H,6H2,1-2H3,(H,14,15). The van der Waals surface area contributed by atoms with Crippen LogP contribution in [-0.4, -0.2) is 46.9 Å². The Hall–Kier alpha value is -1.45. The predicted molar refractivity (Wildman–Crippen MR) is 73.8 cm³/mol. The number of nitrogens with one attached hydrogen (secondary N) is 1. The van der Waals surface area contributed by atoms with Crippen molar-refractivity contribution in [2.45, 2.75) is 17.1 Å². The number of phenols is 1. The highest BCUT2D eigenvalue weighted by molar-refractivity contribution is 7.89. The van der Waals surface area contributed by atoms with Crippen LogP contribution in [0.1, 0.15) is 17.3 Å². The van der Waals surface area contributed by atoms with Crippen LogP contribution in [0, 0.1) is 0 Å². The highest BCUT2D eigenvalue weighted by atomic mass is 32.2. The van der Waals surface area contributed by atoms with Gasteiger partial charge in [0.1, 0.15) is 11.3 Å². The van der Waals surface area contributed by atoms with E-state index in [1.165, 1.54) is 6.26 Å². The van der Waals surface area contributed by atoms with E-state index in [2.05, 4.69) is 4.72 Å². The lowest BCUT2D eigenvalue weighted by atomic mass is 10.2. The first-order valence-corrected chi connectivity index (χ1v) is 8.64. The molecule has 7 nitrogen and oxygen atoms in total. The van der Waals surface area contributed by atoms with Gasteiger partial charge in [0.15, 0.2) is 0 Å². The second kappa shape index (κ2) is 6.33. The fourth-order valence-corrected chi connectivity index (χ4v) is 2.86. The average Bonchev–Trinajstić information content (AvgIpc) is 2.35. The first-order chi connectivity index (χ1) is 9.15. The van der Waals surface area contributed by atoms with Crippen LogP contribution in [0.25, 0.3) is 0 Å². The molecule has 1 aromatic carbocycles. The first kappa shape index (κ1) is 16.6. The fourth-order valence-electron chi connectivity index (χ4n) is 1.28. The van der Waals surface area contributed by atoms with E-state index in [-0.39, 0.29) is 16.7 Å². The number of carboxylic acids is 1. The van der Waals surface area contributed by atoms with Crippen LogP contribution in [0.2, 0.25) is 0 Å². The first-order valence-electron chi connectivity index (χ1n) is 5.53. The monoisotopic (exact) mass is 321 g/mol. The van der Waals surface area contributed by atoms with Crippen LogP contribution >= 0.6 is 0 Å². The van der Waals surface area contributed by atoms with Gasteiger partial charge in [0, 0.05) is 28.9 Å². The maximum atomic E-state index is 12.0. The topological polar surface area (TPSA) is 121 Å². The Balaban J connectivity index is 3.01. The summed E-state index contributed by atoms with van der Waals surface area (Å²) in [7, 11) is -5.10. The van der Waals surface area contributed by atoms with Crippen LogP contribution in [-0.2, 0) is 20.8 Å². The molecule has 1 aromatic rings. The lowest BCUT2D eigenvalue weighted by molar-refractivity contribution is 0.0693. The van der Waals surface area contributed by atoms with Crippen molar-refractivity contribution in [3.63, 3.8) is 0 Å². The summed E-state index contributed by atoms with van der Waals surface area (Å²) in [5.74, 6) is -1.94. The molecule has 0 aromatic heterocycles. The van der Waals surface area contributed by atoms with E-state index in [1.807, 2.05) is 0 Å². The van der Waals surface area contributed by atoms with E-state index in [9.17, 15) is 22.5 Å². The van der Waals surface area contributed by atoms with Gasteiger partial charge >= 0.3 is 5.97 Å². The molecule has 3 N–H and O–H groups in total. The molecule has 1 rings (SSSR count). The van der Waals surface area contributed by atoms with Gasteiger partial charge in [-0.25, -0.2) is 17.9 Å². The Morgan fingerprint density at radius 3 is 2.55 bits per heavy atom. The van der Waals surface area contributed by atoms with E-state index in [1.54, 1.807) is 6.92 Å². The van der Waals surface area contributed by atoms with Crippen LogP contribution in [0.3, 0.4) is 0 Å². The molecule has 2 unspecified atom stereocenters. The van der Waals surface area contributed by atoms with E-state index >= 15 is 0 Å². The van der Waals surface area contributed by atoms with Gasteiger partial charge in [-0.2, -0.15) is 0 Å². The van der Waals surface area contributed by atoms with Gasteiger partial charge in [-0.3, -0.25) is 4.21 Å². The van der Waals surface area contributed by atoms with Gasteiger partial charge in [-0.15, -0.1) is 0 Å². The number of carboxylic acid groups (broad SMARTS) is 1. The zero-order valence-electron chi connectivity index (χ0n) is 10.9. The molecule has 2 atom stereocenters. The smallest absolute Gasteiger partial charge is 0.339 e. The molecule has 0 bridgehead atoms. The molecule has 0 amide bonds. The number of rotatable bonds is 6.